The minimum Gasteiger partial charge on any atom is -0.349 e. The van der Waals surface area contributed by atoms with Crippen molar-refractivity contribution in [2.24, 2.45) is 5.92 Å². The van der Waals surface area contributed by atoms with Gasteiger partial charge in [-0.1, -0.05) is 6.92 Å². The first-order valence-electron chi connectivity index (χ1n) is 6.82. The second kappa shape index (κ2) is 6.67. The van der Waals surface area contributed by atoms with Gasteiger partial charge in [-0.05, 0) is 65.7 Å². The van der Waals surface area contributed by atoms with Crippen LogP contribution in [0.2, 0.25) is 0 Å². The molecule has 0 heterocycles. The molecule has 0 aliphatic heterocycles. The van der Waals surface area contributed by atoms with E-state index in [4.69, 9.17) is 10.7 Å². The number of carbonyl (C=O) groups is 1. The molecule has 0 spiro atoms. The lowest BCUT2D eigenvalue weighted by atomic mass is 9.87. The van der Waals surface area contributed by atoms with Crippen LogP contribution in [0.5, 0.6) is 0 Å². The van der Waals surface area contributed by atoms with E-state index in [9.17, 15) is 13.2 Å². The first-order chi connectivity index (χ1) is 9.77. The molecule has 0 bridgehead atoms. The molecule has 1 fully saturated rings. The summed E-state index contributed by atoms with van der Waals surface area (Å²) in [4.78, 5) is 12.1. The van der Waals surface area contributed by atoms with Gasteiger partial charge in [0.2, 0.25) is 0 Å². The minimum absolute atomic E-state index is 0.0888. The Morgan fingerprint density at radius 3 is 2.48 bits per heavy atom. The van der Waals surface area contributed by atoms with Crippen molar-refractivity contribution in [3.8, 4) is 0 Å². The number of nitrogens with one attached hydrogen (secondary N) is 1. The fourth-order valence-electron chi connectivity index (χ4n) is 2.50. The standard InChI is InChI=1S/C14H17BrClNO3S/c1-9-2-5-11(6-3-9)17-14(18)10-4-7-12(15)13(8-10)21(16,19)20/h4,7-9,11H,2-3,5-6H2,1H3,(H,17,18). The van der Waals surface area contributed by atoms with Crippen molar-refractivity contribution in [3.05, 3.63) is 28.2 Å². The normalized spacial score (nSPS) is 22.8. The zero-order valence-electron chi connectivity index (χ0n) is 11.6. The van der Waals surface area contributed by atoms with Crippen molar-refractivity contribution in [2.75, 3.05) is 0 Å². The predicted molar refractivity (Wildman–Crippen MR) is 86.1 cm³/mol. The molecule has 1 aromatic carbocycles. The van der Waals surface area contributed by atoms with E-state index in [-0.39, 0.29) is 16.8 Å². The summed E-state index contributed by atoms with van der Waals surface area (Å²) in [7, 11) is 1.47. The first kappa shape index (κ1) is 16.8. The monoisotopic (exact) mass is 393 g/mol. The quantitative estimate of drug-likeness (QED) is 0.795. The fraction of sp³-hybridized carbons (Fsp3) is 0.500. The van der Waals surface area contributed by atoms with E-state index >= 15 is 0 Å². The highest BCUT2D eigenvalue weighted by atomic mass is 79.9. The van der Waals surface area contributed by atoms with Crippen LogP contribution in [0.3, 0.4) is 0 Å². The van der Waals surface area contributed by atoms with Crippen LogP contribution in [0.1, 0.15) is 43.0 Å². The maximum absolute atomic E-state index is 12.2. The van der Waals surface area contributed by atoms with Gasteiger partial charge in [-0.3, -0.25) is 4.79 Å². The van der Waals surface area contributed by atoms with Gasteiger partial charge in [0.15, 0.2) is 0 Å². The van der Waals surface area contributed by atoms with Crippen LogP contribution >= 0.6 is 26.6 Å². The average Bonchev–Trinajstić information content (AvgIpc) is 2.40. The SMILES string of the molecule is CC1CCC(NC(=O)c2ccc(Br)c(S(=O)(=O)Cl)c2)CC1. The van der Waals surface area contributed by atoms with Crippen LogP contribution in [0.25, 0.3) is 0 Å². The maximum atomic E-state index is 12.2. The minimum atomic E-state index is -3.88. The molecule has 21 heavy (non-hydrogen) atoms. The molecule has 0 unspecified atom stereocenters. The summed E-state index contributed by atoms with van der Waals surface area (Å²) in [6, 6.07) is 4.56. The molecule has 1 aromatic rings. The van der Waals surface area contributed by atoms with Crippen molar-refractivity contribution < 1.29 is 13.2 Å². The van der Waals surface area contributed by atoms with Gasteiger partial charge in [-0.15, -0.1) is 0 Å². The van der Waals surface area contributed by atoms with E-state index in [0.717, 1.165) is 25.7 Å². The van der Waals surface area contributed by atoms with Crippen molar-refractivity contribution in [2.45, 2.75) is 43.5 Å². The molecule has 1 amide bonds. The Balaban J connectivity index is 2.13. The molecule has 0 aromatic heterocycles. The zero-order valence-corrected chi connectivity index (χ0v) is 14.8. The van der Waals surface area contributed by atoms with E-state index in [1.807, 2.05) is 0 Å². The van der Waals surface area contributed by atoms with Crippen LogP contribution in [0, 0.1) is 5.92 Å². The van der Waals surface area contributed by atoms with Gasteiger partial charge in [-0.25, -0.2) is 8.42 Å². The van der Waals surface area contributed by atoms with Gasteiger partial charge in [0, 0.05) is 26.8 Å². The number of benzene rings is 1. The number of hydrogen-bond acceptors (Lipinski definition) is 3. The number of amides is 1. The van der Waals surface area contributed by atoms with Gasteiger partial charge < -0.3 is 5.32 Å². The summed E-state index contributed by atoms with van der Waals surface area (Å²) >= 11 is 3.13. The molecular weight excluding hydrogens is 378 g/mol. The summed E-state index contributed by atoms with van der Waals surface area (Å²) in [6.07, 6.45) is 4.13. The van der Waals surface area contributed by atoms with Crippen molar-refractivity contribution in [1.82, 2.24) is 5.32 Å². The summed E-state index contributed by atoms with van der Waals surface area (Å²) in [6.45, 7) is 2.21. The summed E-state index contributed by atoms with van der Waals surface area (Å²) in [5.74, 6) is 0.447. The first-order valence-corrected chi connectivity index (χ1v) is 9.92. The molecule has 4 nitrogen and oxygen atoms in total. The highest BCUT2D eigenvalue weighted by Crippen LogP contribution is 2.27. The van der Waals surface area contributed by atoms with Crippen molar-refractivity contribution in [3.63, 3.8) is 0 Å². The van der Waals surface area contributed by atoms with Crippen molar-refractivity contribution in [1.29, 1.82) is 0 Å². The second-order valence-electron chi connectivity index (χ2n) is 5.51. The Bertz CT molecular complexity index is 640. The molecule has 1 aliphatic carbocycles. The Morgan fingerprint density at radius 1 is 1.29 bits per heavy atom. The number of carbonyl (C=O) groups excluding carboxylic acids is 1. The Labute approximate surface area is 137 Å². The van der Waals surface area contributed by atoms with Gasteiger partial charge >= 0.3 is 0 Å². The number of hydrogen-bond donors (Lipinski definition) is 1. The third kappa shape index (κ3) is 4.44. The van der Waals surface area contributed by atoms with E-state index in [2.05, 4.69) is 28.2 Å². The average molecular weight is 395 g/mol. The topological polar surface area (TPSA) is 63.2 Å². The third-order valence-corrected chi connectivity index (χ3v) is 6.12. The van der Waals surface area contributed by atoms with Gasteiger partial charge in [0.25, 0.3) is 15.0 Å². The van der Waals surface area contributed by atoms with Crippen LogP contribution in [0.15, 0.2) is 27.6 Å². The lowest BCUT2D eigenvalue weighted by molar-refractivity contribution is 0.0922. The highest BCUT2D eigenvalue weighted by Gasteiger charge is 2.22. The number of rotatable bonds is 3. The summed E-state index contributed by atoms with van der Waals surface area (Å²) in [5.41, 5.74) is 0.302. The van der Waals surface area contributed by atoms with Gasteiger partial charge in [0.05, 0.1) is 4.90 Å². The summed E-state index contributed by atoms with van der Waals surface area (Å²) in [5, 5.41) is 2.96. The molecule has 0 radical (unpaired) electrons. The summed E-state index contributed by atoms with van der Waals surface area (Å²) < 4.78 is 23.3. The van der Waals surface area contributed by atoms with Gasteiger partial charge in [0.1, 0.15) is 0 Å². The smallest absolute Gasteiger partial charge is 0.262 e. The van der Waals surface area contributed by atoms with Crippen LogP contribution in [-0.2, 0) is 9.05 Å². The highest BCUT2D eigenvalue weighted by molar-refractivity contribution is 9.10. The molecule has 1 N–H and O–H groups in total. The largest absolute Gasteiger partial charge is 0.349 e. The van der Waals surface area contributed by atoms with Crippen LogP contribution in [0.4, 0.5) is 0 Å². The molecule has 2 rings (SSSR count). The molecular formula is C14H17BrClNO3S. The molecule has 7 heteroatoms. The maximum Gasteiger partial charge on any atom is 0.262 e. The Kier molecular flexibility index (Phi) is 5.33. The predicted octanol–water partition coefficient (Wildman–Crippen LogP) is 3.69. The van der Waals surface area contributed by atoms with E-state index in [0.29, 0.717) is 16.0 Å². The number of halogens is 2. The lowest BCUT2D eigenvalue weighted by Crippen LogP contribution is -2.37. The molecule has 1 saturated carbocycles. The molecule has 0 atom stereocenters. The zero-order chi connectivity index (χ0) is 15.6. The van der Waals surface area contributed by atoms with E-state index in [1.165, 1.54) is 12.1 Å². The fourth-order valence-corrected chi connectivity index (χ4v) is 4.62. The van der Waals surface area contributed by atoms with Crippen LogP contribution in [-0.4, -0.2) is 20.4 Å². The molecule has 1 aliphatic rings. The third-order valence-electron chi connectivity index (χ3n) is 3.81. The lowest BCUT2D eigenvalue weighted by Gasteiger charge is -2.26. The van der Waals surface area contributed by atoms with E-state index in [1.54, 1.807) is 6.07 Å². The Hall–Kier alpha value is -0.590. The molecule has 116 valence electrons. The van der Waals surface area contributed by atoms with Crippen LogP contribution < -0.4 is 5.32 Å². The van der Waals surface area contributed by atoms with Gasteiger partial charge in [-0.2, -0.15) is 0 Å². The molecule has 0 saturated heterocycles. The Morgan fingerprint density at radius 2 is 1.90 bits per heavy atom. The van der Waals surface area contributed by atoms with Crippen molar-refractivity contribution >= 4 is 41.6 Å². The second-order valence-corrected chi connectivity index (χ2v) is 8.90. The van der Waals surface area contributed by atoms with E-state index < -0.39 is 9.05 Å².